The Labute approximate surface area is 226 Å². The Morgan fingerprint density at radius 2 is 1.95 bits per heavy atom. The van der Waals surface area contributed by atoms with E-state index in [1.807, 2.05) is 18.2 Å². The van der Waals surface area contributed by atoms with E-state index >= 15 is 4.39 Å². The fraction of sp³-hybridized carbons (Fsp3) is 0.379. The minimum Gasteiger partial charge on any atom is -0.495 e. The lowest BCUT2D eigenvalue weighted by Gasteiger charge is -2.29. The van der Waals surface area contributed by atoms with Gasteiger partial charge in [-0.25, -0.2) is 9.37 Å². The summed E-state index contributed by atoms with van der Waals surface area (Å²) in [7, 11) is 5.40. The second kappa shape index (κ2) is 9.50. The third-order valence-corrected chi connectivity index (χ3v) is 8.22. The first-order valence-electron chi connectivity index (χ1n) is 13.0. The van der Waals surface area contributed by atoms with Crippen LogP contribution in [0.25, 0.3) is 0 Å². The molecule has 0 atom stereocenters. The topological polar surface area (TPSA) is 104 Å². The molecule has 1 spiro atoms. The van der Waals surface area contributed by atoms with Crippen LogP contribution >= 0.6 is 0 Å². The van der Waals surface area contributed by atoms with Crippen LogP contribution in [0.1, 0.15) is 58.6 Å². The standard InChI is InChI=1S/C29H29FN6O3/c1-35-11-7-17(8-12-35)19-13-24(38-3)22(14-21(19)30)33-28-32-16-18(15-31)26(34-28)39-23-6-4-5-20-25(23)27(37)36(2)29(20)9-10-29/h4-6,13-14,16-17H,7-12H2,1-3H3,(H,32,33,34). The van der Waals surface area contributed by atoms with Crippen molar-refractivity contribution in [2.75, 3.05) is 39.6 Å². The van der Waals surface area contributed by atoms with Gasteiger partial charge in [-0.2, -0.15) is 10.2 Å². The van der Waals surface area contributed by atoms with Crippen molar-refractivity contribution < 1.29 is 18.7 Å². The molecule has 0 radical (unpaired) electrons. The number of nitriles is 1. The highest BCUT2D eigenvalue weighted by molar-refractivity contribution is 6.03. The van der Waals surface area contributed by atoms with Crippen LogP contribution in [0.5, 0.6) is 17.4 Å². The van der Waals surface area contributed by atoms with Gasteiger partial charge in [-0.15, -0.1) is 0 Å². The number of methoxy groups -OCH3 is 1. The minimum absolute atomic E-state index is 0.00187. The highest BCUT2D eigenvalue weighted by atomic mass is 19.1. The number of piperidine rings is 1. The van der Waals surface area contributed by atoms with Crippen molar-refractivity contribution in [1.29, 1.82) is 5.26 Å². The molecule has 200 valence electrons. The second-order valence-corrected chi connectivity index (χ2v) is 10.5. The number of nitrogens with one attached hydrogen (secondary N) is 1. The molecule has 1 N–H and O–H groups in total. The molecular formula is C29H29FN6O3. The number of benzene rings is 2. The first-order chi connectivity index (χ1) is 18.8. The van der Waals surface area contributed by atoms with E-state index in [1.165, 1.54) is 19.4 Å². The van der Waals surface area contributed by atoms with Crippen LogP contribution in [0.2, 0.25) is 0 Å². The molecule has 0 bridgehead atoms. The van der Waals surface area contributed by atoms with Crippen LogP contribution in [0.3, 0.4) is 0 Å². The predicted molar refractivity (Wildman–Crippen MR) is 142 cm³/mol. The zero-order valence-electron chi connectivity index (χ0n) is 22.1. The maximum absolute atomic E-state index is 15.2. The zero-order chi connectivity index (χ0) is 27.3. The number of carbonyl (C=O) groups excluding carboxylic acids is 1. The van der Waals surface area contributed by atoms with Crippen molar-refractivity contribution in [3.63, 3.8) is 0 Å². The van der Waals surface area contributed by atoms with E-state index < -0.39 is 0 Å². The van der Waals surface area contributed by atoms with Crippen molar-refractivity contribution in [2.45, 2.75) is 37.1 Å². The predicted octanol–water partition coefficient (Wildman–Crippen LogP) is 4.92. The molecule has 1 aromatic heterocycles. The van der Waals surface area contributed by atoms with Crippen molar-refractivity contribution in [3.8, 4) is 23.4 Å². The van der Waals surface area contributed by atoms with E-state index in [1.54, 1.807) is 24.1 Å². The quantitative estimate of drug-likeness (QED) is 0.481. The summed E-state index contributed by atoms with van der Waals surface area (Å²) in [5.74, 6) is 0.578. The second-order valence-electron chi connectivity index (χ2n) is 10.5. The summed E-state index contributed by atoms with van der Waals surface area (Å²) in [6.45, 7) is 1.84. The number of halogens is 1. The highest BCUT2D eigenvalue weighted by Gasteiger charge is 2.57. The van der Waals surface area contributed by atoms with Crippen LogP contribution in [-0.2, 0) is 5.54 Å². The van der Waals surface area contributed by atoms with Crippen molar-refractivity contribution in [1.82, 2.24) is 19.8 Å². The van der Waals surface area contributed by atoms with Gasteiger partial charge in [-0.3, -0.25) is 4.79 Å². The van der Waals surface area contributed by atoms with Crippen LogP contribution in [0.4, 0.5) is 16.0 Å². The number of aromatic nitrogens is 2. The molecule has 3 heterocycles. The lowest BCUT2D eigenvalue weighted by molar-refractivity contribution is 0.0753. The van der Waals surface area contributed by atoms with E-state index in [9.17, 15) is 10.1 Å². The van der Waals surface area contributed by atoms with Gasteiger partial charge >= 0.3 is 0 Å². The maximum atomic E-state index is 15.2. The molecular weight excluding hydrogens is 499 g/mol. The van der Waals surface area contributed by atoms with Gasteiger partial charge in [0.15, 0.2) is 0 Å². The SMILES string of the molecule is COc1cc(C2CCN(C)CC2)c(F)cc1Nc1ncc(C#N)c(Oc2cccc3c2C(=O)N(C)C32CC2)n1. The number of anilines is 2. The van der Waals surface area contributed by atoms with E-state index in [2.05, 4.69) is 27.2 Å². The Hall–Kier alpha value is -4.23. The number of likely N-dealkylation sites (tertiary alicyclic amines) is 1. The molecule has 1 aliphatic carbocycles. The molecule has 10 heteroatoms. The van der Waals surface area contributed by atoms with E-state index in [0.29, 0.717) is 28.3 Å². The van der Waals surface area contributed by atoms with Gasteiger partial charge in [0, 0.05) is 13.1 Å². The van der Waals surface area contributed by atoms with Gasteiger partial charge in [0.2, 0.25) is 11.8 Å². The van der Waals surface area contributed by atoms with Gasteiger partial charge in [0.25, 0.3) is 5.91 Å². The summed E-state index contributed by atoms with van der Waals surface area (Å²) in [4.78, 5) is 25.7. The largest absolute Gasteiger partial charge is 0.495 e. The summed E-state index contributed by atoms with van der Waals surface area (Å²) in [5, 5.41) is 12.7. The van der Waals surface area contributed by atoms with Gasteiger partial charge < -0.3 is 24.6 Å². The average Bonchev–Trinajstić information content (AvgIpc) is 3.72. The monoisotopic (exact) mass is 528 g/mol. The third kappa shape index (κ3) is 4.23. The fourth-order valence-corrected chi connectivity index (χ4v) is 5.76. The Kier molecular flexibility index (Phi) is 6.11. The number of fused-ring (bicyclic) bond motifs is 2. The summed E-state index contributed by atoms with van der Waals surface area (Å²) in [6.07, 6.45) is 4.91. The molecule has 6 rings (SSSR count). The Morgan fingerprint density at radius 1 is 1.18 bits per heavy atom. The summed E-state index contributed by atoms with van der Waals surface area (Å²) in [5.41, 5.74) is 2.26. The molecule has 0 unspecified atom stereocenters. The Bertz CT molecular complexity index is 1510. The third-order valence-electron chi connectivity index (χ3n) is 8.22. The number of amides is 1. The smallest absolute Gasteiger partial charge is 0.258 e. The number of nitrogens with zero attached hydrogens (tertiary/aromatic N) is 5. The fourth-order valence-electron chi connectivity index (χ4n) is 5.76. The molecule has 39 heavy (non-hydrogen) atoms. The normalized spacial score (nSPS) is 18.1. The Morgan fingerprint density at radius 3 is 2.64 bits per heavy atom. The van der Waals surface area contributed by atoms with Gasteiger partial charge in [-0.1, -0.05) is 12.1 Å². The summed E-state index contributed by atoms with van der Waals surface area (Å²) < 4.78 is 26.9. The van der Waals surface area contributed by atoms with E-state index in [-0.39, 0.29) is 40.6 Å². The average molecular weight is 529 g/mol. The van der Waals surface area contributed by atoms with Crippen molar-refractivity contribution >= 4 is 17.5 Å². The van der Waals surface area contributed by atoms with E-state index in [4.69, 9.17) is 9.47 Å². The lowest BCUT2D eigenvalue weighted by atomic mass is 9.89. The molecule has 2 aromatic carbocycles. The molecule has 2 fully saturated rings. The lowest BCUT2D eigenvalue weighted by Crippen LogP contribution is -2.29. The summed E-state index contributed by atoms with van der Waals surface area (Å²) in [6, 6.07) is 10.7. The molecule has 1 saturated carbocycles. The van der Waals surface area contributed by atoms with Crippen molar-refractivity contribution in [3.05, 3.63) is 64.6 Å². The zero-order valence-corrected chi connectivity index (χ0v) is 22.1. The number of hydrogen-bond donors (Lipinski definition) is 1. The highest BCUT2D eigenvalue weighted by Crippen LogP contribution is 2.57. The summed E-state index contributed by atoms with van der Waals surface area (Å²) >= 11 is 0. The van der Waals surface area contributed by atoms with Crippen LogP contribution in [0, 0.1) is 17.1 Å². The van der Waals surface area contributed by atoms with Gasteiger partial charge in [-0.05, 0) is 75.0 Å². The van der Waals surface area contributed by atoms with Crippen LogP contribution in [-0.4, -0.2) is 60.0 Å². The van der Waals surface area contributed by atoms with Crippen LogP contribution < -0.4 is 14.8 Å². The molecule has 3 aromatic rings. The van der Waals surface area contributed by atoms with E-state index in [0.717, 1.165) is 44.3 Å². The maximum Gasteiger partial charge on any atom is 0.258 e. The number of rotatable bonds is 6. The molecule has 3 aliphatic rings. The van der Waals surface area contributed by atoms with Crippen LogP contribution in [0.15, 0.2) is 36.5 Å². The molecule has 9 nitrogen and oxygen atoms in total. The molecule has 1 saturated heterocycles. The van der Waals surface area contributed by atoms with Gasteiger partial charge in [0.1, 0.15) is 28.9 Å². The Balaban J connectivity index is 1.30. The molecule has 1 amide bonds. The number of hydrogen-bond acceptors (Lipinski definition) is 8. The number of ether oxygens (including phenoxy) is 2. The molecule has 2 aliphatic heterocycles. The first kappa shape index (κ1) is 25.1. The number of carbonyl (C=O) groups is 1. The first-order valence-corrected chi connectivity index (χ1v) is 13.0. The van der Waals surface area contributed by atoms with Gasteiger partial charge in [0.05, 0.1) is 30.1 Å². The minimum atomic E-state index is -0.325. The van der Waals surface area contributed by atoms with Crippen molar-refractivity contribution in [2.24, 2.45) is 0 Å².